The number of hydrogen-bond donors (Lipinski definition) is 1. The maximum Gasteiger partial charge on any atom is 0.271 e. The molecular weight excluding hydrogens is 328 g/mol. The van der Waals surface area contributed by atoms with E-state index in [1.165, 1.54) is 11.9 Å². The number of hydrogen-bond acceptors (Lipinski definition) is 4. The van der Waals surface area contributed by atoms with Gasteiger partial charge in [-0.05, 0) is 25.7 Å². The van der Waals surface area contributed by atoms with E-state index in [4.69, 9.17) is 0 Å². The predicted molar refractivity (Wildman–Crippen MR) is 97.4 cm³/mol. The molecule has 1 aliphatic rings. The van der Waals surface area contributed by atoms with Crippen molar-refractivity contribution < 1.29 is 4.79 Å². The number of nitrogens with one attached hydrogen (secondary N) is 1. The number of carbonyl (C=O) groups is 1. The van der Waals surface area contributed by atoms with E-state index in [1.54, 1.807) is 6.20 Å². The second kappa shape index (κ2) is 7.11. The first-order valence-corrected chi connectivity index (χ1v) is 8.94. The van der Waals surface area contributed by atoms with Gasteiger partial charge in [-0.15, -0.1) is 5.10 Å². The van der Waals surface area contributed by atoms with Crippen molar-refractivity contribution in [2.75, 3.05) is 13.1 Å². The summed E-state index contributed by atoms with van der Waals surface area (Å²) in [6.07, 6.45) is 7.07. The van der Waals surface area contributed by atoms with Crippen LogP contribution in [0.3, 0.4) is 0 Å². The van der Waals surface area contributed by atoms with Crippen LogP contribution in [-0.4, -0.2) is 48.9 Å². The standard InChI is InChI=1S/C19H22N6O/c1-14-2-4-16(5-3-14)18-12-25(23-22-18)11-15-6-8-24(9-7-15)19(26)17-10-20-13-21-17/h2-5,10,12-13,15H,6-9,11H2,1H3,(H,20,21). The Morgan fingerprint density at radius 1 is 1.23 bits per heavy atom. The van der Waals surface area contributed by atoms with E-state index in [-0.39, 0.29) is 5.91 Å². The molecule has 0 atom stereocenters. The van der Waals surface area contributed by atoms with Crippen LogP contribution in [0.25, 0.3) is 11.3 Å². The van der Waals surface area contributed by atoms with E-state index in [0.717, 1.165) is 43.7 Å². The number of nitrogens with zero attached hydrogens (tertiary/aromatic N) is 5. The largest absolute Gasteiger partial charge is 0.341 e. The minimum Gasteiger partial charge on any atom is -0.341 e. The highest BCUT2D eigenvalue weighted by molar-refractivity contribution is 5.92. The number of piperidine rings is 1. The predicted octanol–water partition coefficient (Wildman–Crippen LogP) is 2.53. The van der Waals surface area contributed by atoms with Gasteiger partial charge in [-0.3, -0.25) is 9.48 Å². The zero-order valence-corrected chi connectivity index (χ0v) is 14.8. The quantitative estimate of drug-likeness (QED) is 0.784. The minimum atomic E-state index is 0.0309. The Morgan fingerprint density at radius 3 is 2.69 bits per heavy atom. The Bertz CT molecular complexity index is 860. The SMILES string of the molecule is Cc1ccc(-c2cn(CC3CCN(C(=O)c4cnc[nH]4)CC3)nn2)cc1. The fourth-order valence-electron chi connectivity index (χ4n) is 3.37. The van der Waals surface area contributed by atoms with Gasteiger partial charge in [0.25, 0.3) is 5.91 Å². The lowest BCUT2D eigenvalue weighted by Crippen LogP contribution is -2.39. The molecule has 0 aliphatic carbocycles. The number of rotatable bonds is 4. The van der Waals surface area contributed by atoms with Crippen LogP contribution in [0.4, 0.5) is 0 Å². The molecule has 1 aliphatic heterocycles. The third-order valence-electron chi connectivity index (χ3n) is 4.96. The van der Waals surface area contributed by atoms with E-state index in [2.05, 4.69) is 51.5 Å². The number of carbonyl (C=O) groups excluding carboxylic acids is 1. The highest BCUT2D eigenvalue weighted by Crippen LogP contribution is 2.22. The number of aromatic nitrogens is 5. The summed E-state index contributed by atoms with van der Waals surface area (Å²) in [6.45, 7) is 4.44. The summed E-state index contributed by atoms with van der Waals surface area (Å²) >= 11 is 0. The van der Waals surface area contributed by atoms with Gasteiger partial charge in [0.2, 0.25) is 0 Å². The smallest absolute Gasteiger partial charge is 0.271 e. The minimum absolute atomic E-state index is 0.0309. The van der Waals surface area contributed by atoms with Gasteiger partial charge >= 0.3 is 0 Å². The lowest BCUT2D eigenvalue weighted by atomic mass is 9.96. The molecule has 26 heavy (non-hydrogen) atoms. The average molecular weight is 350 g/mol. The third-order valence-corrected chi connectivity index (χ3v) is 4.96. The van der Waals surface area contributed by atoms with Crippen LogP contribution in [0, 0.1) is 12.8 Å². The molecule has 2 aromatic heterocycles. The second-order valence-corrected chi connectivity index (χ2v) is 6.89. The van der Waals surface area contributed by atoms with Crippen LogP contribution in [0.5, 0.6) is 0 Å². The van der Waals surface area contributed by atoms with Crippen LogP contribution in [-0.2, 0) is 6.54 Å². The number of H-pyrrole nitrogens is 1. The summed E-state index contributed by atoms with van der Waals surface area (Å²) in [5.41, 5.74) is 3.78. The molecule has 1 aromatic carbocycles. The van der Waals surface area contributed by atoms with Crippen LogP contribution in [0.15, 0.2) is 43.0 Å². The highest BCUT2D eigenvalue weighted by atomic mass is 16.2. The summed E-state index contributed by atoms with van der Waals surface area (Å²) < 4.78 is 1.92. The molecule has 0 radical (unpaired) electrons. The third kappa shape index (κ3) is 3.51. The number of likely N-dealkylation sites (tertiary alicyclic amines) is 1. The Labute approximate surface area is 152 Å². The molecular formula is C19H22N6O. The molecule has 7 heteroatoms. The second-order valence-electron chi connectivity index (χ2n) is 6.89. The molecule has 3 aromatic rings. The van der Waals surface area contributed by atoms with Crippen LogP contribution in [0.1, 0.15) is 28.9 Å². The molecule has 3 heterocycles. The molecule has 0 bridgehead atoms. The maximum absolute atomic E-state index is 12.3. The van der Waals surface area contributed by atoms with Crippen molar-refractivity contribution in [3.8, 4) is 11.3 Å². The number of imidazole rings is 1. The van der Waals surface area contributed by atoms with Crippen molar-refractivity contribution in [1.82, 2.24) is 29.9 Å². The molecule has 1 N–H and O–H groups in total. The van der Waals surface area contributed by atoms with Crippen molar-refractivity contribution >= 4 is 5.91 Å². The van der Waals surface area contributed by atoms with E-state index < -0.39 is 0 Å². The first-order chi connectivity index (χ1) is 12.7. The van der Waals surface area contributed by atoms with Crippen molar-refractivity contribution in [1.29, 1.82) is 0 Å². The zero-order valence-electron chi connectivity index (χ0n) is 14.8. The molecule has 0 saturated carbocycles. The molecule has 0 spiro atoms. The monoisotopic (exact) mass is 350 g/mol. The molecule has 0 unspecified atom stereocenters. The molecule has 1 amide bonds. The van der Waals surface area contributed by atoms with Gasteiger partial charge in [-0.1, -0.05) is 35.0 Å². The highest BCUT2D eigenvalue weighted by Gasteiger charge is 2.24. The zero-order chi connectivity index (χ0) is 17.9. The van der Waals surface area contributed by atoms with Gasteiger partial charge in [0.15, 0.2) is 0 Å². The number of aryl methyl sites for hydroxylation is 1. The van der Waals surface area contributed by atoms with Crippen molar-refractivity contribution in [3.63, 3.8) is 0 Å². The normalized spacial score (nSPS) is 15.3. The first-order valence-electron chi connectivity index (χ1n) is 8.94. The van der Waals surface area contributed by atoms with Crippen molar-refractivity contribution in [2.45, 2.75) is 26.3 Å². The summed E-state index contributed by atoms with van der Waals surface area (Å²) in [5.74, 6) is 0.539. The van der Waals surface area contributed by atoms with E-state index in [1.807, 2.05) is 15.8 Å². The van der Waals surface area contributed by atoms with Gasteiger partial charge in [0.1, 0.15) is 11.4 Å². The molecule has 1 fully saturated rings. The first kappa shape index (κ1) is 16.5. The molecule has 4 rings (SSSR count). The van der Waals surface area contributed by atoms with Gasteiger partial charge in [0, 0.05) is 25.2 Å². The summed E-state index contributed by atoms with van der Waals surface area (Å²) in [6, 6.07) is 8.31. The van der Waals surface area contributed by atoms with Crippen molar-refractivity contribution in [3.05, 3.63) is 54.2 Å². The maximum atomic E-state index is 12.3. The Kier molecular flexibility index (Phi) is 4.51. The van der Waals surface area contributed by atoms with Gasteiger partial charge < -0.3 is 9.88 Å². The fraction of sp³-hybridized carbons (Fsp3) is 0.368. The van der Waals surface area contributed by atoms with Crippen LogP contribution < -0.4 is 0 Å². The molecule has 7 nitrogen and oxygen atoms in total. The Hall–Kier alpha value is -2.96. The average Bonchev–Trinajstić information content (AvgIpc) is 3.35. The van der Waals surface area contributed by atoms with E-state index in [9.17, 15) is 4.79 Å². The van der Waals surface area contributed by atoms with E-state index in [0.29, 0.717) is 11.6 Å². The lowest BCUT2D eigenvalue weighted by Gasteiger charge is -2.31. The topological polar surface area (TPSA) is 79.7 Å². The van der Waals surface area contributed by atoms with Gasteiger partial charge in [-0.2, -0.15) is 0 Å². The Morgan fingerprint density at radius 2 is 2.00 bits per heavy atom. The fourth-order valence-corrected chi connectivity index (χ4v) is 3.37. The number of benzene rings is 1. The van der Waals surface area contributed by atoms with Crippen LogP contribution >= 0.6 is 0 Å². The summed E-state index contributed by atoms with van der Waals surface area (Å²) in [7, 11) is 0. The molecule has 134 valence electrons. The summed E-state index contributed by atoms with van der Waals surface area (Å²) in [5, 5.41) is 8.57. The summed E-state index contributed by atoms with van der Waals surface area (Å²) in [4.78, 5) is 21.0. The molecule has 1 saturated heterocycles. The van der Waals surface area contributed by atoms with Crippen LogP contribution in [0.2, 0.25) is 0 Å². The Balaban J connectivity index is 1.33. The number of aromatic amines is 1. The van der Waals surface area contributed by atoms with Crippen molar-refractivity contribution in [2.24, 2.45) is 5.92 Å². The number of amides is 1. The lowest BCUT2D eigenvalue weighted by molar-refractivity contribution is 0.0675. The van der Waals surface area contributed by atoms with Gasteiger partial charge in [-0.25, -0.2) is 4.98 Å². The van der Waals surface area contributed by atoms with Gasteiger partial charge in [0.05, 0.1) is 18.7 Å². The van der Waals surface area contributed by atoms with E-state index >= 15 is 0 Å².